The van der Waals surface area contributed by atoms with Gasteiger partial charge in [0.1, 0.15) is 11.2 Å². The third-order valence-corrected chi connectivity index (χ3v) is 10.8. The Bertz CT molecular complexity index is 3130. The molecular formula is C50H30O. The first-order valence-corrected chi connectivity index (χ1v) is 17.6. The second-order valence-electron chi connectivity index (χ2n) is 13.6. The molecule has 0 spiro atoms. The van der Waals surface area contributed by atoms with Crippen molar-refractivity contribution in [1.82, 2.24) is 0 Å². The van der Waals surface area contributed by atoms with Crippen molar-refractivity contribution < 1.29 is 4.42 Å². The van der Waals surface area contributed by atoms with E-state index < -0.39 is 0 Å². The van der Waals surface area contributed by atoms with Gasteiger partial charge in [-0.2, -0.15) is 0 Å². The van der Waals surface area contributed by atoms with Crippen LogP contribution in [0.15, 0.2) is 186 Å². The molecule has 0 N–H and O–H groups in total. The van der Waals surface area contributed by atoms with E-state index in [1.54, 1.807) is 0 Å². The molecule has 0 saturated heterocycles. The van der Waals surface area contributed by atoms with Gasteiger partial charge in [-0.25, -0.2) is 0 Å². The minimum Gasteiger partial charge on any atom is -0.456 e. The highest BCUT2D eigenvalue weighted by Gasteiger charge is 2.19. The minimum absolute atomic E-state index is 0.915. The van der Waals surface area contributed by atoms with Gasteiger partial charge in [-0.1, -0.05) is 158 Å². The zero-order valence-corrected chi connectivity index (χ0v) is 27.7. The Morgan fingerprint density at radius 3 is 1.57 bits per heavy atom. The molecule has 1 heteroatoms. The summed E-state index contributed by atoms with van der Waals surface area (Å²) in [6.45, 7) is 0. The number of benzene rings is 10. The Balaban J connectivity index is 1.14. The van der Waals surface area contributed by atoms with E-state index in [-0.39, 0.29) is 0 Å². The van der Waals surface area contributed by atoms with Crippen LogP contribution in [0.3, 0.4) is 0 Å². The Morgan fingerprint density at radius 2 is 0.824 bits per heavy atom. The highest BCUT2D eigenvalue weighted by atomic mass is 16.3. The van der Waals surface area contributed by atoms with E-state index in [1.807, 2.05) is 0 Å². The molecule has 11 rings (SSSR count). The van der Waals surface area contributed by atoms with Crippen LogP contribution in [0.5, 0.6) is 0 Å². The van der Waals surface area contributed by atoms with Crippen molar-refractivity contribution in [1.29, 1.82) is 0 Å². The lowest BCUT2D eigenvalue weighted by Crippen LogP contribution is -1.92. The fraction of sp³-hybridized carbons (Fsp3) is 0. The first-order valence-electron chi connectivity index (χ1n) is 17.6. The summed E-state index contributed by atoms with van der Waals surface area (Å²) in [4.78, 5) is 0. The largest absolute Gasteiger partial charge is 0.456 e. The van der Waals surface area contributed by atoms with Crippen molar-refractivity contribution in [3.8, 4) is 33.4 Å². The van der Waals surface area contributed by atoms with Gasteiger partial charge in [-0.3, -0.25) is 0 Å². The maximum absolute atomic E-state index is 6.52. The molecule has 0 aliphatic carbocycles. The second kappa shape index (κ2) is 10.9. The molecule has 1 nitrogen and oxygen atoms in total. The molecule has 51 heavy (non-hydrogen) atoms. The fourth-order valence-corrected chi connectivity index (χ4v) is 8.59. The van der Waals surface area contributed by atoms with Gasteiger partial charge in [0.2, 0.25) is 0 Å². The van der Waals surface area contributed by atoms with Crippen molar-refractivity contribution in [2.45, 2.75) is 0 Å². The predicted molar refractivity (Wildman–Crippen MR) is 218 cm³/mol. The van der Waals surface area contributed by atoms with E-state index in [0.29, 0.717) is 0 Å². The molecule has 0 aliphatic heterocycles. The van der Waals surface area contributed by atoms with Gasteiger partial charge in [-0.05, 0) is 112 Å². The molecule has 0 radical (unpaired) electrons. The molecule has 0 saturated carbocycles. The van der Waals surface area contributed by atoms with E-state index >= 15 is 0 Å². The molecule has 0 amide bonds. The third kappa shape index (κ3) is 4.22. The minimum atomic E-state index is 0.915. The SMILES string of the molecule is c1cc(-c2cccc3cc4c(cc23)oc2ccc3ccccc3c24)cc(-c2c3ccccc3c(-c3cccc4ccccc34)c3ccccc23)c1. The summed E-state index contributed by atoms with van der Waals surface area (Å²) in [5.41, 5.74) is 9.24. The number of rotatable bonds is 3. The molecule has 0 aliphatic rings. The lowest BCUT2D eigenvalue weighted by atomic mass is 9.84. The van der Waals surface area contributed by atoms with E-state index in [2.05, 4.69) is 182 Å². The van der Waals surface area contributed by atoms with Crippen LogP contribution in [-0.2, 0) is 0 Å². The van der Waals surface area contributed by atoms with Crippen molar-refractivity contribution in [2.75, 3.05) is 0 Å². The maximum atomic E-state index is 6.52. The number of fused-ring (bicyclic) bond motifs is 9. The Hall–Kier alpha value is -6.70. The van der Waals surface area contributed by atoms with Gasteiger partial charge >= 0.3 is 0 Å². The number of furan rings is 1. The third-order valence-electron chi connectivity index (χ3n) is 10.8. The second-order valence-corrected chi connectivity index (χ2v) is 13.6. The standard InChI is InChI=1S/C50H30O/c1-3-18-36-31(12-1)14-10-25-39(36)49-42-22-7-5-20-40(42)48(41-21-6-8-23-43(41)49)35-17-9-15-33(28-35)37-24-11-16-34-29-45-47(30-44(34)37)51-46-27-26-32-13-2-4-19-38(32)50(45)46/h1-30H. The molecule has 11 aromatic rings. The summed E-state index contributed by atoms with van der Waals surface area (Å²) in [6.07, 6.45) is 0. The van der Waals surface area contributed by atoms with Crippen molar-refractivity contribution >= 4 is 75.8 Å². The Kier molecular flexibility index (Phi) is 6.02. The monoisotopic (exact) mass is 646 g/mol. The fourth-order valence-electron chi connectivity index (χ4n) is 8.59. The molecule has 0 fully saturated rings. The topological polar surface area (TPSA) is 13.1 Å². The van der Waals surface area contributed by atoms with Crippen LogP contribution >= 0.6 is 0 Å². The first-order chi connectivity index (χ1) is 25.3. The van der Waals surface area contributed by atoms with Crippen molar-refractivity contribution in [3.63, 3.8) is 0 Å². The molecule has 236 valence electrons. The summed E-state index contributed by atoms with van der Waals surface area (Å²) in [6, 6.07) is 66.3. The van der Waals surface area contributed by atoms with Crippen LogP contribution in [-0.4, -0.2) is 0 Å². The Morgan fingerprint density at radius 1 is 0.275 bits per heavy atom. The van der Waals surface area contributed by atoms with Crippen molar-refractivity contribution in [3.05, 3.63) is 182 Å². The normalized spacial score (nSPS) is 11.9. The summed E-state index contributed by atoms with van der Waals surface area (Å²) in [5, 5.41) is 14.7. The summed E-state index contributed by atoms with van der Waals surface area (Å²) in [5.74, 6) is 0. The molecule has 0 unspecified atom stereocenters. The molecule has 0 bridgehead atoms. The molecule has 1 heterocycles. The van der Waals surface area contributed by atoms with Crippen LogP contribution in [0, 0.1) is 0 Å². The smallest absolute Gasteiger partial charge is 0.136 e. The van der Waals surface area contributed by atoms with E-state index in [9.17, 15) is 0 Å². The van der Waals surface area contributed by atoms with Gasteiger partial charge in [-0.15, -0.1) is 0 Å². The quantitative estimate of drug-likeness (QED) is 0.174. The molecule has 0 atom stereocenters. The Labute approximate surface area is 294 Å². The van der Waals surface area contributed by atoms with Crippen LogP contribution in [0.2, 0.25) is 0 Å². The number of hydrogen-bond donors (Lipinski definition) is 0. The zero-order chi connectivity index (χ0) is 33.5. The molecule has 1 aromatic heterocycles. The molecule has 10 aromatic carbocycles. The van der Waals surface area contributed by atoms with Crippen LogP contribution < -0.4 is 0 Å². The van der Waals surface area contributed by atoms with Crippen LogP contribution in [0.25, 0.3) is 109 Å². The first kappa shape index (κ1) is 28.2. The summed E-state index contributed by atoms with van der Waals surface area (Å²) in [7, 11) is 0. The molecular weight excluding hydrogens is 617 g/mol. The van der Waals surface area contributed by atoms with Gasteiger partial charge in [0.15, 0.2) is 0 Å². The lowest BCUT2D eigenvalue weighted by Gasteiger charge is -2.19. The lowest BCUT2D eigenvalue weighted by molar-refractivity contribution is 0.670. The van der Waals surface area contributed by atoms with Gasteiger partial charge in [0, 0.05) is 10.8 Å². The average Bonchev–Trinajstić information content (AvgIpc) is 3.56. The highest BCUT2D eigenvalue weighted by molar-refractivity contribution is 6.24. The summed E-state index contributed by atoms with van der Waals surface area (Å²) >= 11 is 0. The van der Waals surface area contributed by atoms with Gasteiger partial charge < -0.3 is 4.42 Å². The summed E-state index contributed by atoms with van der Waals surface area (Å²) < 4.78 is 6.52. The highest BCUT2D eigenvalue weighted by Crippen LogP contribution is 2.46. The van der Waals surface area contributed by atoms with E-state index in [4.69, 9.17) is 4.42 Å². The van der Waals surface area contributed by atoms with Crippen LogP contribution in [0.1, 0.15) is 0 Å². The van der Waals surface area contributed by atoms with Crippen LogP contribution in [0.4, 0.5) is 0 Å². The average molecular weight is 647 g/mol. The number of hydrogen-bond acceptors (Lipinski definition) is 1. The van der Waals surface area contributed by atoms with Crippen molar-refractivity contribution in [2.24, 2.45) is 0 Å². The van der Waals surface area contributed by atoms with Gasteiger partial charge in [0.05, 0.1) is 0 Å². The van der Waals surface area contributed by atoms with E-state index in [1.165, 1.54) is 92.6 Å². The zero-order valence-electron chi connectivity index (χ0n) is 27.7. The van der Waals surface area contributed by atoms with Gasteiger partial charge in [0.25, 0.3) is 0 Å². The maximum Gasteiger partial charge on any atom is 0.136 e. The predicted octanol–water partition coefficient (Wildman–Crippen LogP) is 14.4. The van der Waals surface area contributed by atoms with E-state index in [0.717, 1.165) is 16.6 Å².